The second-order valence-electron chi connectivity index (χ2n) is 3.86. The maximum atomic E-state index is 11.4. The molecule has 1 aliphatic rings. The predicted molar refractivity (Wildman–Crippen MR) is 76.5 cm³/mol. The molecule has 1 saturated heterocycles. The van der Waals surface area contributed by atoms with Gasteiger partial charge in [0.2, 0.25) is 0 Å². The van der Waals surface area contributed by atoms with E-state index in [4.69, 9.17) is 16.3 Å². The Morgan fingerprint density at radius 1 is 1.45 bits per heavy atom. The third kappa shape index (κ3) is 3.40. The van der Waals surface area contributed by atoms with Crippen LogP contribution in [-0.2, 0) is 9.59 Å². The van der Waals surface area contributed by atoms with Gasteiger partial charge in [-0.3, -0.25) is 19.7 Å². The fraction of sp³-hybridized carbons (Fsp3) is 0.154. The molecule has 1 fully saturated rings. The van der Waals surface area contributed by atoms with Crippen LogP contribution in [0.25, 0.3) is 6.08 Å². The van der Waals surface area contributed by atoms with E-state index in [1.165, 1.54) is 12.1 Å². The molecular weight excluding hydrogens is 302 g/mol. The second kappa shape index (κ2) is 6.11. The molecule has 104 valence electrons. The fourth-order valence-electron chi connectivity index (χ4n) is 1.45. The molecule has 0 atom stereocenters. The molecule has 1 aliphatic heterocycles. The molecule has 1 aromatic carbocycles. The highest BCUT2D eigenvalue weighted by atomic mass is 35.5. The number of esters is 1. The summed E-state index contributed by atoms with van der Waals surface area (Å²) in [6.07, 6.45) is 1.78. The third-order valence-electron chi connectivity index (χ3n) is 2.42. The van der Waals surface area contributed by atoms with E-state index in [-0.39, 0.29) is 17.3 Å². The summed E-state index contributed by atoms with van der Waals surface area (Å²) in [6.45, 7) is 1.69. The van der Waals surface area contributed by atoms with Crippen LogP contribution < -0.4 is 10.1 Å². The van der Waals surface area contributed by atoms with Crippen molar-refractivity contribution in [2.24, 2.45) is 0 Å². The summed E-state index contributed by atoms with van der Waals surface area (Å²) in [6, 6.07) is 4.68. The molecule has 1 N–H and O–H groups in total. The van der Waals surface area contributed by atoms with E-state index in [1.807, 2.05) is 0 Å². The summed E-state index contributed by atoms with van der Waals surface area (Å²) in [7, 11) is 0. The van der Waals surface area contributed by atoms with Crippen molar-refractivity contribution in [3.8, 4) is 5.75 Å². The van der Waals surface area contributed by atoms with Crippen molar-refractivity contribution in [1.82, 2.24) is 5.32 Å². The minimum absolute atomic E-state index is 0.266. The zero-order chi connectivity index (χ0) is 14.7. The number of nitrogens with one attached hydrogen (secondary N) is 1. The van der Waals surface area contributed by atoms with Gasteiger partial charge in [-0.25, -0.2) is 0 Å². The molecule has 7 heteroatoms. The molecular formula is C13H10ClNO4S. The lowest BCUT2D eigenvalue weighted by Crippen LogP contribution is -2.17. The van der Waals surface area contributed by atoms with Crippen molar-refractivity contribution in [3.05, 3.63) is 33.7 Å². The number of thioether (sulfide) groups is 1. The number of hydrogen-bond donors (Lipinski definition) is 1. The summed E-state index contributed by atoms with van der Waals surface area (Å²) < 4.78 is 5.02. The quantitative estimate of drug-likeness (QED) is 0.528. The Balaban J connectivity index is 2.22. The van der Waals surface area contributed by atoms with Crippen molar-refractivity contribution in [2.45, 2.75) is 13.3 Å². The lowest BCUT2D eigenvalue weighted by Gasteiger charge is -2.05. The van der Waals surface area contributed by atoms with Crippen LogP contribution >= 0.6 is 23.4 Å². The largest absolute Gasteiger partial charge is 0.426 e. The van der Waals surface area contributed by atoms with Gasteiger partial charge in [-0.15, -0.1) is 0 Å². The lowest BCUT2D eigenvalue weighted by atomic mass is 10.2. The van der Waals surface area contributed by atoms with E-state index in [2.05, 4.69) is 5.32 Å². The first-order chi connectivity index (χ1) is 9.49. The van der Waals surface area contributed by atoms with Gasteiger partial charge in [0, 0.05) is 12.5 Å². The first kappa shape index (κ1) is 14.6. The SMILES string of the molecule is CCC(=O)Oc1ccc(/C=C2\SC(=O)NC2=O)c(Cl)c1. The molecule has 2 amide bonds. The van der Waals surface area contributed by atoms with Crippen molar-refractivity contribution in [3.63, 3.8) is 0 Å². The van der Waals surface area contributed by atoms with Crippen molar-refractivity contribution in [2.75, 3.05) is 0 Å². The van der Waals surface area contributed by atoms with Gasteiger partial charge in [-0.1, -0.05) is 18.5 Å². The molecule has 0 unspecified atom stereocenters. The number of rotatable bonds is 3. The van der Waals surface area contributed by atoms with Gasteiger partial charge < -0.3 is 4.74 Å². The van der Waals surface area contributed by atoms with Gasteiger partial charge in [-0.2, -0.15) is 0 Å². The summed E-state index contributed by atoms with van der Waals surface area (Å²) in [5, 5.41) is 2.07. The molecule has 0 bridgehead atoms. The highest BCUT2D eigenvalue weighted by molar-refractivity contribution is 8.18. The summed E-state index contributed by atoms with van der Waals surface area (Å²) in [5.74, 6) is -0.468. The Morgan fingerprint density at radius 2 is 2.20 bits per heavy atom. The van der Waals surface area contributed by atoms with Crippen LogP contribution in [0.2, 0.25) is 5.02 Å². The number of amides is 2. The predicted octanol–water partition coefficient (Wildman–Crippen LogP) is 2.98. The normalized spacial score (nSPS) is 16.4. The first-order valence-corrected chi connectivity index (χ1v) is 6.94. The third-order valence-corrected chi connectivity index (χ3v) is 3.56. The smallest absolute Gasteiger partial charge is 0.310 e. The molecule has 0 saturated carbocycles. The molecule has 0 aliphatic carbocycles. The van der Waals surface area contributed by atoms with Crippen LogP contribution in [0.5, 0.6) is 5.75 Å². The van der Waals surface area contributed by atoms with Gasteiger partial charge in [0.1, 0.15) is 5.75 Å². The monoisotopic (exact) mass is 311 g/mol. The summed E-state index contributed by atoms with van der Waals surface area (Å²) >= 11 is 6.87. The Labute approximate surface area is 124 Å². The maximum absolute atomic E-state index is 11.4. The molecule has 1 aromatic rings. The average Bonchev–Trinajstić information content (AvgIpc) is 2.71. The number of halogens is 1. The van der Waals surface area contributed by atoms with Gasteiger partial charge in [-0.05, 0) is 35.5 Å². The molecule has 2 rings (SSSR count). The van der Waals surface area contributed by atoms with Crippen LogP contribution in [0, 0.1) is 0 Å². The van der Waals surface area contributed by atoms with Crippen molar-refractivity contribution < 1.29 is 19.1 Å². The average molecular weight is 312 g/mol. The highest BCUT2D eigenvalue weighted by Crippen LogP contribution is 2.30. The van der Waals surface area contributed by atoms with E-state index in [1.54, 1.807) is 19.1 Å². The summed E-state index contributed by atoms with van der Waals surface area (Å²) in [5.41, 5.74) is 0.565. The molecule has 0 spiro atoms. The number of carbonyl (C=O) groups is 3. The van der Waals surface area contributed by atoms with E-state index in [9.17, 15) is 14.4 Å². The molecule has 20 heavy (non-hydrogen) atoms. The van der Waals surface area contributed by atoms with Crippen LogP contribution in [0.4, 0.5) is 4.79 Å². The highest BCUT2D eigenvalue weighted by Gasteiger charge is 2.25. The van der Waals surface area contributed by atoms with E-state index in [0.717, 1.165) is 11.8 Å². The molecule has 1 heterocycles. The first-order valence-electron chi connectivity index (χ1n) is 5.74. The van der Waals surface area contributed by atoms with Crippen LogP contribution in [0.15, 0.2) is 23.1 Å². The van der Waals surface area contributed by atoms with Gasteiger partial charge in [0.25, 0.3) is 11.1 Å². The van der Waals surface area contributed by atoms with Crippen LogP contribution in [0.3, 0.4) is 0 Å². The Bertz CT molecular complexity index is 627. The van der Waals surface area contributed by atoms with Crippen LogP contribution in [0.1, 0.15) is 18.9 Å². The number of carbonyl (C=O) groups excluding carboxylic acids is 3. The Morgan fingerprint density at radius 3 is 2.75 bits per heavy atom. The number of imide groups is 1. The maximum Gasteiger partial charge on any atom is 0.310 e. The van der Waals surface area contributed by atoms with E-state index in [0.29, 0.717) is 16.3 Å². The van der Waals surface area contributed by atoms with E-state index >= 15 is 0 Å². The molecule has 5 nitrogen and oxygen atoms in total. The fourth-order valence-corrected chi connectivity index (χ4v) is 2.35. The zero-order valence-corrected chi connectivity index (χ0v) is 12.0. The minimum Gasteiger partial charge on any atom is -0.426 e. The van der Waals surface area contributed by atoms with E-state index < -0.39 is 11.1 Å². The molecule has 0 radical (unpaired) electrons. The standard InChI is InChI=1S/C13H10ClNO4S/c1-2-11(16)19-8-4-3-7(9(14)6-8)5-10-12(17)15-13(18)20-10/h3-6H,2H2,1H3,(H,15,17,18)/b10-5-. The topological polar surface area (TPSA) is 72.5 Å². The van der Waals surface area contributed by atoms with Gasteiger partial charge in [0.05, 0.1) is 9.93 Å². The minimum atomic E-state index is -0.447. The number of ether oxygens (including phenoxy) is 1. The van der Waals surface area contributed by atoms with Crippen molar-refractivity contribution in [1.29, 1.82) is 0 Å². The lowest BCUT2D eigenvalue weighted by molar-refractivity contribution is -0.134. The second-order valence-corrected chi connectivity index (χ2v) is 5.29. The van der Waals surface area contributed by atoms with Gasteiger partial charge >= 0.3 is 5.97 Å². The van der Waals surface area contributed by atoms with Crippen LogP contribution in [-0.4, -0.2) is 17.1 Å². The van der Waals surface area contributed by atoms with Gasteiger partial charge in [0.15, 0.2) is 0 Å². The zero-order valence-electron chi connectivity index (χ0n) is 10.4. The molecule has 0 aromatic heterocycles. The Kier molecular flexibility index (Phi) is 4.46. The Hall–Kier alpha value is -1.79. The van der Waals surface area contributed by atoms with Crippen molar-refractivity contribution >= 4 is 46.6 Å². The number of hydrogen-bond acceptors (Lipinski definition) is 5. The summed E-state index contributed by atoms with van der Waals surface area (Å²) in [4.78, 5) is 33.9. The number of benzene rings is 1.